The Morgan fingerprint density at radius 3 is 2.55 bits per heavy atom. The summed E-state index contributed by atoms with van der Waals surface area (Å²) in [6.45, 7) is 5.28. The first kappa shape index (κ1) is 14.8. The van der Waals surface area contributed by atoms with Crippen LogP contribution in [0, 0.1) is 0 Å². The van der Waals surface area contributed by atoms with Gasteiger partial charge in [-0.25, -0.2) is 0 Å². The molecule has 0 spiro atoms. The molecular formula is C17H25N3. The van der Waals surface area contributed by atoms with Crippen LogP contribution in [0.25, 0.3) is 0 Å². The minimum absolute atomic E-state index is 0.352. The van der Waals surface area contributed by atoms with E-state index in [1.165, 1.54) is 36.1 Å². The lowest BCUT2D eigenvalue weighted by Gasteiger charge is -2.15. The molecule has 0 saturated heterocycles. The molecule has 1 N–H and O–H groups in total. The molecule has 0 aliphatic rings. The predicted molar refractivity (Wildman–Crippen MR) is 83.5 cm³/mol. The molecule has 0 fully saturated rings. The monoisotopic (exact) mass is 271 g/mol. The molecule has 3 heteroatoms. The Hall–Kier alpha value is -1.61. The smallest absolute Gasteiger partial charge is 0.0518 e. The summed E-state index contributed by atoms with van der Waals surface area (Å²) in [4.78, 5) is 0. The van der Waals surface area contributed by atoms with Gasteiger partial charge in [0.05, 0.1) is 5.69 Å². The van der Waals surface area contributed by atoms with Crippen LogP contribution in [0.3, 0.4) is 0 Å². The first-order chi connectivity index (χ1) is 9.70. The summed E-state index contributed by atoms with van der Waals surface area (Å²) >= 11 is 0. The molecule has 1 aromatic carbocycles. The van der Waals surface area contributed by atoms with Gasteiger partial charge in [-0.05, 0) is 37.0 Å². The van der Waals surface area contributed by atoms with Crippen LogP contribution in [-0.2, 0) is 20.0 Å². The molecule has 1 aromatic heterocycles. The van der Waals surface area contributed by atoms with E-state index in [0.717, 1.165) is 6.54 Å². The third-order valence-electron chi connectivity index (χ3n) is 3.81. The van der Waals surface area contributed by atoms with Gasteiger partial charge in [0.1, 0.15) is 0 Å². The van der Waals surface area contributed by atoms with Crippen LogP contribution in [0.15, 0.2) is 36.5 Å². The number of aromatic nitrogens is 2. The Kier molecular flexibility index (Phi) is 5.36. The number of nitrogens with one attached hydrogen (secondary N) is 1. The van der Waals surface area contributed by atoms with E-state index in [9.17, 15) is 0 Å². The second-order valence-electron chi connectivity index (χ2n) is 5.39. The van der Waals surface area contributed by atoms with Gasteiger partial charge in [-0.15, -0.1) is 0 Å². The normalized spacial score (nSPS) is 12.6. The van der Waals surface area contributed by atoms with Gasteiger partial charge in [0.15, 0.2) is 0 Å². The van der Waals surface area contributed by atoms with Gasteiger partial charge < -0.3 is 5.32 Å². The molecule has 0 aliphatic heterocycles. The highest BCUT2D eigenvalue weighted by Gasteiger charge is 2.06. The van der Waals surface area contributed by atoms with E-state index in [1.54, 1.807) is 0 Å². The first-order valence-corrected chi connectivity index (χ1v) is 7.49. The summed E-state index contributed by atoms with van der Waals surface area (Å²) in [6.07, 6.45) is 5.55. The zero-order valence-electron chi connectivity index (χ0n) is 12.8. The highest BCUT2D eigenvalue weighted by molar-refractivity contribution is 5.25. The third kappa shape index (κ3) is 3.94. The van der Waals surface area contributed by atoms with Gasteiger partial charge >= 0.3 is 0 Å². The Labute approximate surface area is 122 Å². The van der Waals surface area contributed by atoms with E-state index < -0.39 is 0 Å². The number of nitrogens with zero attached hydrogens (tertiary/aromatic N) is 2. The molecule has 2 aromatic rings. The molecule has 0 aliphatic carbocycles. The van der Waals surface area contributed by atoms with E-state index in [4.69, 9.17) is 0 Å². The first-order valence-electron chi connectivity index (χ1n) is 7.49. The van der Waals surface area contributed by atoms with Gasteiger partial charge in [0.25, 0.3) is 0 Å². The average molecular weight is 271 g/mol. The van der Waals surface area contributed by atoms with Crippen molar-refractivity contribution in [3.8, 4) is 0 Å². The molecule has 0 saturated carbocycles. The van der Waals surface area contributed by atoms with E-state index in [-0.39, 0.29) is 0 Å². The highest BCUT2D eigenvalue weighted by Crippen LogP contribution is 2.15. The molecule has 1 unspecified atom stereocenters. The van der Waals surface area contributed by atoms with Crippen molar-refractivity contribution in [3.05, 3.63) is 53.3 Å². The Morgan fingerprint density at radius 1 is 1.20 bits per heavy atom. The molecule has 2 rings (SSSR count). The quantitative estimate of drug-likeness (QED) is 0.833. The van der Waals surface area contributed by atoms with Gasteiger partial charge in [0.2, 0.25) is 0 Å². The fourth-order valence-electron chi connectivity index (χ4n) is 2.30. The van der Waals surface area contributed by atoms with Crippen LogP contribution < -0.4 is 5.32 Å². The third-order valence-corrected chi connectivity index (χ3v) is 3.81. The van der Waals surface area contributed by atoms with Gasteiger partial charge in [-0.3, -0.25) is 4.68 Å². The summed E-state index contributed by atoms with van der Waals surface area (Å²) < 4.78 is 1.91. The Morgan fingerprint density at radius 2 is 1.95 bits per heavy atom. The van der Waals surface area contributed by atoms with Crippen LogP contribution in [0.4, 0.5) is 0 Å². The summed E-state index contributed by atoms with van der Waals surface area (Å²) in [6, 6.07) is 11.4. The average Bonchev–Trinajstić information content (AvgIpc) is 2.88. The van der Waals surface area contributed by atoms with Crippen molar-refractivity contribution in [1.29, 1.82) is 0 Å². The Bertz CT molecular complexity index is 513. The lowest BCUT2D eigenvalue weighted by Crippen LogP contribution is -2.19. The van der Waals surface area contributed by atoms with E-state index >= 15 is 0 Å². The fourth-order valence-corrected chi connectivity index (χ4v) is 2.30. The standard InChI is InChI=1S/C17H25N3/c1-4-5-6-15-7-9-16(10-8-15)14(2)18-13-17-11-12-19-20(17)3/h7-12,14,18H,4-6,13H2,1-3H3. The molecule has 3 nitrogen and oxygen atoms in total. The molecule has 20 heavy (non-hydrogen) atoms. The van der Waals surface area contributed by atoms with Crippen molar-refractivity contribution in [1.82, 2.24) is 15.1 Å². The number of rotatable bonds is 7. The van der Waals surface area contributed by atoms with Gasteiger partial charge in [-0.2, -0.15) is 5.10 Å². The topological polar surface area (TPSA) is 29.9 Å². The molecule has 1 heterocycles. The molecular weight excluding hydrogens is 246 g/mol. The summed E-state index contributed by atoms with van der Waals surface area (Å²) in [5.41, 5.74) is 3.98. The Balaban J connectivity index is 1.88. The van der Waals surface area contributed by atoms with E-state index in [2.05, 4.69) is 48.5 Å². The maximum Gasteiger partial charge on any atom is 0.0518 e. The molecule has 0 bridgehead atoms. The molecule has 1 atom stereocenters. The van der Waals surface area contributed by atoms with Crippen LogP contribution in [0.5, 0.6) is 0 Å². The van der Waals surface area contributed by atoms with Crippen LogP contribution >= 0.6 is 0 Å². The maximum atomic E-state index is 4.18. The van der Waals surface area contributed by atoms with Crippen molar-refractivity contribution in [3.63, 3.8) is 0 Å². The van der Waals surface area contributed by atoms with Crippen molar-refractivity contribution < 1.29 is 0 Å². The number of benzene rings is 1. The summed E-state index contributed by atoms with van der Waals surface area (Å²) in [5, 5.41) is 7.73. The molecule has 0 radical (unpaired) electrons. The van der Waals surface area contributed by atoms with Crippen LogP contribution in [-0.4, -0.2) is 9.78 Å². The molecule has 108 valence electrons. The van der Waals surface area contributed by atoms with Gasteiger partial charge in [-0.1, -0.05) is 37.6 Å². The zero-order valence-corrected chi connectivity index (χ0v) is 12.8. The number of hydrogen-bond donors (Lipinski definition) is 1. The number of unbranched alkanes of at least 4 members (excludes halogenated alkanes) is 1. The second-order valence-corrected chi connectivity index (χ2v) is 5.39. The fraction of sp³-hybridized carbons (Fsp3) is 0.471. The van der Waals surface area contributed by atoms with E-state index in [0.29, 0.717) is 6.04 Å². The number of aryl methyl sites for hydroxylation is 2. The minimum atomic E-state index is 0.352. The second kappa shape index (κ2) is 7.25. The summed E-state index contributed by atoms with van der Waals surface area (Å²) in [5.74, 6) is 0. The van der Waals surface area contributed by atoms with Crippen LogP contribution in [0.2, 0.25) is 0 Å². The zero-order chi connectivity index (χ0) is 14.4. The lowest BCUT2D eigenvalue weighted by molar-refractivity contribution is 0.548. The summed E-state index contributed by atoms with van der Waals surface area (Å²) in [7, 11) is 1.98. The SMILES string of the molecule is CCCCc1ccc(C(C)NCc2ccnn2C)cc1. The maximum absolute atomic E-state index is 4.18. The molecule has 0 amide bonds. The van der Waals surface area contributed by atoms with Crippen molar-refractivity contribution >= 4 is 0 Å². The minimum Gasteiger partial charge on any atom is -0.305 e. The van der Waals surface area contributed by atoms with Crippen molar-refractivity contribution in [2.75, 3.05) is 0 Å². The van der Waals surface area contributed by atoms with Crippen molar-refractivity contribution in [2.45, 2.75) is 45.7 Å². The van der Waals surface area contributed by atoms with Crippen molar-refractivity contribution in [2.24, 2.45) is 7.05 Å². The largest absolute Gasteiger partial charge is 0.305 e. The van der Waals surface area contributed by atoms with E-state index in [1.807, 2.05) is 24.0 Å². The van der Waals surface area contributed by atoms with Crippen LogP contribution in [0.1, 0.15) is 49.6 Å². The predicted octanol–water partition coefficient (Wildman–Crippen LogP) is 3.61. The lowest BCUT2D eigenvalue weighted by atomic mass is 10.0. The van der Waals surface area contributed by atoms with Gasteiger partial charge in [0, 0.05) is 25.8 Å². The highest BCUT2D eigenvalue weighted by atomic mass is 15.3. The number of hydrogen-bond acceptors (Lipinski definition) is 2.